The molecule has 1 heterocycles. The number of likely N-dealkylation sites (N-methyl/N-ethyl adjacent to an activating group) is 1. The van der Waals surface area contributed by atoms with Crippen LogP contribution in [0.3, 0.4) is 0 Å². The number of amides is 1. The number of carbonyl (C=O) groups excluding carboxylic acids is 1. The Balaban J connectivity index is 2.43. The topological polar surface area (TPSA) is 61.8 Å². The van der Waals surface area contributed by atoms with Gasteiger partial charge in [-0.3, -0.25) is 4.79 Å². The van der Waals surface area contributed by atoms with Crippen molar-refractivity contribution >= 4 is 5.91 Å². The predicted octanol–water partition coefficient (Wildman–Crippen LogP) is -0.407. The summed E-state index contributed by atoms with van der Waals surface area (Å²) in [4.78, 5) is 13.1. The Morgan fingerprint density at radius 3 is 2.62 bits per heavy atom. The zero-order valence-electron chi connectivity index (χ0n) is 10.3. The highest BCUT2D eigenvalue weighted by molar-refractivity contribution is 5.73. The molecule has 0 bridgehead atoms. The third-order valence-electron chi connectivity index (χ3n) is 3.00. The van der Waals surface area contributed by atoms with Gasteiger partial charge in [0.05, 0.1) is 18.8 Å². The second-order valence-electron chi connectivity index (χ2n) is 4.16. The maximum atomic E-state index is 10.9. The lowest BCUT2D eigenvalue weighted by molar-refractivity contribution is -0.120. The van der Waals surface area contributed by atoms with Crippen LogP contribution in [0.5, 0.6) is 0 Å². The smallest absolute Gasteiger partial charge is 0.217 e. The van der Waals surface area contributed by atoms with Crippen LogP contribution in [-0.4, -0.2) is 60.4 Å². The Bertz CT molecular complexity index is 231. The fraction of sp³-hybridized carbons (Fsp3) is 0.909. The molecule has 0 saturated carbocycles. The predicted molar refractivity (Wildman–Crippen MR) is 61.1 cm³/mol. The standard InChI is InChI=1S/C11H22N2O3/c1-4-13(5-2)6-10-11(15)9(7-16-10)12-8(3)14/h9-11,15H,4-7H2,1-3H3,(H,12,14)/t9?,10-,11+/m0/s1. The van der Waals surface area contributed by atoms with Gasteiger partial charge in [-0.05, 0) is 13.1 Å². The number of carbonyl (C=O) groups is 1. The van der Waals surface area contributed by atoms with E-state index in [2.05, 4.69) is 24.1 Å². The van der Waals surface area contributed by atoms with Gasteiger partial charge < -0.3 is 20.1 Å². The second-order valence-corrected chi connectivity index (χ2v) is 4.16. The van der Waals surface area contributed by atoms with Gasteiger partial charge in [-0.1, -0.05) is 13.8 Å². The Morgan fingerprint density at radius 1 is 1.50 bits per heavy atom. The number of aliphatic hydroxyl groups is 1. The average Bonchev–Trinajstić information content (AvgIpc) is 2.57. The SMILES string of the molecule is CCN(CC)C[C@@H]1OCC(NC(C)=O)[C@H]1O. The van der Waals surface area contributed by atoms with Crippen molar-refractivity contribution in [3.8, 4) is 0 Å². The quantitative estimate of drug-likeness (QED) is 0.674. The lowest BCUT2D eigenvalue weighted by atomic mass is 10.1. The highest BCUT2D eigenvalue weighted by Crippen LogP contribution is 2.15. The minimum atomic E-state index is -0.607. The summed E-state index contributed by atoms with van der Waals surface area (Å²) < 4.78 is 5.51. The van der Waals surface area contributed by atoms with Gasteiger partial charge in [-0.25, -0.2) is 0 Å². The molecule has 1 aliphatic rings. The van der Waals surface area contributed by atoms with E-state index in [1.54, 1.807) is 0 Å². The van der Waals surface area contributed by atoms with E-state index in [0.717, 1.165) is 13.1 Å². The molecule has 16 heavy (non-hydrogen) atoms. The molecule has 1 saturated heterocycles. The Morgan fingerprint density at radius 2 is 2.12 bits per heavy atom. The fourth-order valence-corrected chi connectivity index (χ4v) is 1.97. The molecule has 2 N–H and O–H groups in total. The van der Waals surface area contributed by atoms with Gasteiger partial charge in [0.1, 0.15) is 6.10 Å². The molecule has 0 radical (unpaired) electrons. The third-order valence-corrected chi connectivity index (χ3v) is 3.00. The summed E-state index contributed by atoms with van der Waals surface area (Å²) in [7, 11) is 0. The first-order chi connectivity index (χ1) is 7.58. The summed E-state index contributed by atoms with van der Waals surface area (Å²) in [6.07, 6.45) is -0.804. The number of hydrogen-bond donors (Lipinski definition) is 2. The van der Waals surface area contributed by atoms with Crippen molar-refractivity contribution < 1.29 is 14.6 Å². The molecule has 0 aromatic rings. The van der Waals surface area contributed by atoms with Crippen LogP contribution in [0.25, 0.3) is 0 Å². The van der Waals surface area contributed by atoms with Crippen molar-refractivity contribution in [3.63, 3.8) is 0 Å². The van der Waals surface area contributed by atoms with Crippen LogP contribution in [0.15, 0.2) is 0 Å². The lowest BCUT2D eigenvalue weighted by Crippen LogP contribution is -2.46. The zero-order chi connectivity index (χ0) is 12.1. The molecular formula is C11H22N2O3. The van der Waals surface area contributed by atoms with E-state index < -0.39 is 6.10 Å². The minimum Gasteiger partial charge on any atom is -0.388 e. The molecule has 1 fully saturated rings. The summed E-state index contributed by atoms with van der Waals surface area (Å²) in [6.45, 7) is 8.59. The number of rotatable bonds is 5. The van der Waals surface area contributed by atoms with Crippen LogP contribution in [0.1, 0.15) is 20.8 Å². The molecule has 0 spiro atoms. The molecule has 1 aliphatic heterocycles. The lowest BCUT2D eigenvalue weighted by Gasteiger charge is -2.24. The zero-order valence-corrected chi connectivity index (χ0v) is 10.3. The van der Waals surface area contributed by atoms with E-state index in [4.69, 9.17) is 4.74 Å². The highest BCUT2D eigenvalue weighted by Gasteiger charge is 2.36. The first-order valence-corrected chi connectivity index (χ1v) is 5.87. The molecule has 0 aliphatic carbocycles. The number of aliphatic hydroxyl groups excluding tert-OH is 1. The Hall–Kier alpha value is -0.650. The van der Waals surface area contributed by atoms with Crippen LogP contribution in [0.2, 0.25) is 0 Å². The van der Waals surface area contributed by atoms with E-state index >= 15 is 0 Å². The van der Waals surface area contributed by atoms with Crippen molar-refractivity contribution in [2.24, 2.45) is 0 Å². The minimum absolute atomic E-state index is 0.129. The maximum absolute atomic E-state index is 10.9. The summed E-state index contributed by atoms with van der Waals surface area (Å²) in [5, 5.41) is 12.7. The van der Waals surface area contributed by atoms with Crippen LogP contribution in [0.4, 0.5) is 0 Å². The first-order valence-electron chi connectivity index (χ1n) is 5.87. The van der Waals surface area contributed by atoms with E-state index in [-0.39, 0.29) is 18.1 Å². The third kappa shape index (κ3) is 3.43. The molecular weight excluding hydrogens is 208 g/mol. The Kier molecular flexibility index (Phi) is 5.18. The largest absolute Gasteiger partial charge is 0.388 e. The van der Waals surface area contributed by atoms with Gasteiger partial charge in [-0.2, -0.15) is 0 Å². The molecule has 5 nitrogen and oxygen atoms in total. The van der Waals surface area contributed by atoms with Gasteiger partial charge >= 0.3 is 0 Å². The highest BCUT2D eigenvalue weighted by atomic mass is 16.5. The van der Waals surface area contributed by atoms with E-state index in [1.807, 2.05) is 0 Å². The second kappa shape index (κ2) is 6.18. The normalized spacial score (nSPS) is 29.7. The summed E-state index contributed by atoms with van der Waals surface area (Å²) in [6, 6.07) is -0.266. The van der Waals surface area contributed by atoms with Crippen LogP contribution in [-0.2, 0) is 9.53 Å². The van der Waals surface area contributed by atoms with Crippen molar-refractivity contribution in [1.29, 1.82) is 0 Å². The van der Waals surface area contributed by atoms with Gasteiger partial charge in [0.15, 0.2) is 0 Å². The monoisotopic (exact) mass is 230 g/mol. The van der Waals surface area contributed by atoms with Crippen molar-refractivity contribution in [2.75, 3.05) is 26.2 Å². The van der Waals surface area contributed by atoms with Gasteiger partial charge in [0.2, 0.25) is 5.91 Å². The van der Waals surface area contributed by atoms with Gasteiger partial charge in [0, 0.05) is 13.5 Å². The maximum Gasteiger partial charge on any atom is 0.217 e. The van der Waals surface area contributed by atoms with Crippen molar-refractivity contribution in [2.45, 2.75) is 39.0 Å². The van der Waals surface area contributed by atoms with Crippen LogP contribution in [0, 0.1) is 0 Å². The molecule has 0 aromatic carbocycles. The molecule has 94 valence electrons. The number of hydrogen-bond acceptors (Lipinski definition) is 4. The molecule has 3 atom stereocenters. The molecule has 0 aromatic heterocycles. The van der Waals surface area contributed by atoms with E-state index in [9.17, 15) is 9.90 Å². The molecule has 1 rings (SSSR count). The van der Waals surface area contributed by atoms with Gasteiger partial charge in [-0.15, -0.1) is 0 Å². The average molecular weight is 230 g/mol. The van der Waals surface area contributed by atoms with E-state index in [1.165, 1.54) is 6.92 Å². The van der Waals surface area contributed by atoms with Crippen LogP contribution < -0.4 is 5.32 Å². The van der Waals surface area contributed by atoms with Crippen molar-refractivity contribution in [1.82, 2.24) is 10.2 Å². The van der Waals surface area contributed by atoms with Gasteiger partial charge in [0.25, 0.3) is 0 Å². The Labute approximate surface area is 96.8 Å². The first kappa shape index (κ1) is 13.4. The van der Waals surface area contributed by atoms with Crippen LogP contribution >= 0.6 is 0 Å². The molecule has 5 heteroatoms. The van der Waals surface area contributed by atoms with E-state index in [0.29, 0.717) is 13.2 Å². The molecule has 1 amide bonds. The molecule has 1 unspecified atom stereocenters. The summed E-state index contributed by atoms with van der Waals surface area (Å²) in [5.74, 6) is -0.129. The summed E-state index contributed by atoms with van der Waals surface area (Å²) in [5.41, 5.74) is 0. The number of nitrogens with one attached hydrogen (secondary N) is 1. The number of ether oxygens (including phenoxy) is 1. The number of nitrogens with zero attached hydrogens (tertiary/aromatic N) is 1. The summed E-state index contributed by atoms with van der Waals surface area (Å²) >= 11 is 0. The van der Waals surface area contributed by atoms with Crippen molar-refractivity contribution in [3.05, 3.63) is 0 Å². The fourth-order valence-electron chi connectivity index (χ4n) is 1.97.